The summed E-state index contributed by atoms with van der Waals surface area (Å²) in [6.45, 7) is 8.78. The van der Waals surface area contributed by atoms with E-state index in [1.165, 1.54) is 5.56 Å². The van der Waals surface area contributed by atoms with Crippen LogP contribution in [0.3, 0.4) is 0 Å². The van der Waals surface area contributed by atoms with Crippen LogP contribution in [0.25, 0.3) is 0 Å². The molecule has 2 heteroatoms. The average Bonchev–Trinajstić information content (AvgIpc) is 2.28. The van der Waals surface area contributed by atoms with Crippen LogP contribution in [0.2, 0.25) is 0 Å². The summed E-state index contributed by atoms with van der Waals surface area (Å²) in [6, 6.07) is 6.15. The van der Waals surface area contributed by atoms with Crippen molar-refractivity contribution in [2.45, 2.75) is 32.6 Å². The first-order chi connectivity index (χ1) is 7.71. The molecule has 1 unspecified atom stereocenters. The second-order valence-corrected chi connectivity index (χ2v) is 3.97. The largest absolute Gasteiger partial charge is 0.494 e. The lowest BCUT2D eigenvalue weighted by Gasteiger charge is -2.13. The van der Waals surface area contributed by atoms with E-state index in [1.54, 1.807) is 0 Å². The number of hydrogen-bond donors (Lipinski definition) is 1. The summed E-state index contributed by atoms with van der Waals surface area (Å²) in [5, 5.41) is 9.13. The van der Waals surface area contributed by atoms with Gasteiger partial charge in [0.1, 0.15) is 5.75 Å². The van der Waals surface area contributed by atoms with E-state index in [0.29, 0.717) is 6.61 Å². The summed E-state index contributed by atoms with van der Waals surface area (Å²) >= 11 is 0. The Morgan fingerprint density at radius 1 is 1.31 bits per heavy atom. The Bertz CT molecular complexity index is 296. The Balaban J connectivity index is 2.97. The van der Waals surface area contributed by atoms with Crippen molar-refractivity contribution in [2.24, 2.45) is 0 Å². The molecule has 0 saturated carbocycles. The molecule has 1 aromatic carbocycles. The average molecular weight is 221 g/mol. The monoisotopic (exact) mass is 221 g/mol. The first kappa shape index (κ1) is 13.0. The van der Waals surface area contributed by atoms with Crippen LogP contribution < -0.4 is 4.74 Å². The Labute approximate surface area is 98.3 Å². The molecule has 0 aliphatic carbocycles. The van der Waals surface area contributed by atoms with Crippen LogP contribution in [-0.2, 0) is 6.42 Å². The number of hydrogen-bond acceptors (Lipinski definition) is 2. The van der Waals surface area contributed by atoms with Crippen LogP contribution in [0.15, 0.2) is 18.2 Å². The third-order valence-electron chi connectivity index (χ3n) is 2.53. The van der Waals surface area contributed by atoms with Crippen LogP contribution in [0, 0.1) is 6.92 Å². The van der Waals surface area contributed by atoms with Crippen LogP contribution in [0.1, 0.15) is 37.3 Å². The summed E-state index contributed by atoms with van der Waals surface area (Å²) in [5.74, 6) is 0.807. The molecule has 0 aliphatic heterocycles. The standard InChI is InChI=1S/C14H21O2/c1-4-6-12-7-13(11(3)10-15)9-14(8-12)16-5-2/h7-9,11,15H,3-6,10H2,1-2H3. The van der Waals surface area contributed by atoms with Gasteiger partial charge in [0.2, 0.25) is 0 Å². The van der Waals surface area contributed by atoms with Gasteiger partial charge >= 0.3 is 0 Å². The number of aryl methyl sites for hydroxylation is 1. The predicted molar refractivity (Wildman–Crippen MR) is 66.8 cm³/mol. The molecule has 0 aromatic heterocycles. The van der Waals surface area contributed by atoms with Gasteiger partial charge in [0.05, 0.1) is 6.61 Å². The van der Waals surface area contributed by atoms with E-state index in [2.05, 4.69) is 26.0 Å². The smallest absolute Gasteiger partial charge is 0.119 e. The summed E-state index contributed by atoms with van der Waals surface area (Å²) < 4.78 is 5.52. The predicted octanol–water partition coefficient (Wildman–Crippen LogP) is 2.95. The lowest BCUT2D eigenvalue weighted by atomic mass is 9.98. The molecule has 1 aromatic rings. The normalized spacial score (nSPS) is 12.5. The summed E-state index contributed by atoms with van der Waals surface area (Å²) in [4.78, 5) is 0. The van der Waals surface area contributed by atoms with Crippen LogP contribution in [-0.4, -0.2) is 18.3 Å². The number of ether oxygens (including phenoxy) is 1. The van der Waals surface area contributed by atoms with Gasteiger partial charge in [0, 0.05) is 12.5 Å². The Kier molecular flexibility index (Phi) is 5.33. The molecule has 1 atom stereocenters. The van der Waals surface area contributed by atoms with E-state index < -0.39 is 0 Å². The fourth-order valence-electron chi connectivity index (χ4n) is 1.71. The van der Waals surface area contributed by atoms with E-state index in [1.807, 2.05) is 13.0 Å². The van der Waals surface area contributed by atoms with Gasteiger partial charge in [-0.1, -0.05) is 19.4 Å². The molecule has 0 amide bonds. The molecule has 16 heavy (non-hydrogen) atoms. The van der Waals surface area contributed by atoms with Gasteiger partial charge in [-0.3, -0.25) is 0 Å². The molecule has 0 bridgehead atoms. The van der Waals surface area contributed by atoms with Crippen molar-refractivity contribution in [3.63, 3.8) is 0 Å². The van der Waals surface area contributed by atoms with Crippen molar-refractivity contribution in [1.82, 2.24) is 0 Å². The van der Waals surface area contributed by atoms with E-state index in [0.717, 1.165) is 24.2 Å². The highest BCUT2D eigenvalue weighted by Crippen LogP contribution is 2.23. The maximum atomic E-state index is 9.13. The zero-order chi connectivity index (χ0) is 12.0. The molecule has 1 N–H and O–H groups in total. The fourth-order valence-corrected chi connectivity index (χ4v) is 1.71. The van der Waals surface area contributed by atoms with Crippen molar-refractivity contribution in [3.8, 4) is 5.75 Å². The molecular formula is C14H21O2. The van der Waals surface area contributed by atoms with E-state index >= 15 is 0 Å². The van der Waals surface area contributed by atoms with Crippen molar-refractivity contribution < 1.29 is 9.84 Å². The maximum Gasteiger partial charge on any atom is 0.119 e. The highest BCUT2D eigenvalue weighted by molar-refractivity contribution is 5.37. The zero-order valence-electron chi connectivity index (χ0n) is 10.2. The Morgan fingerprint density at radius 2 is 2.06 bits per heavy atom. The molecule has 89 valence electrons. The molecular weight excluding hydrogens is 200 g/mol. The maximum absolute atomic E-state index is 9.13. The van der Waals surface area contributed by atoms with E-state index in [4.69, 9.17) is 9.84 Å². The molecule has 2 nitrogen and oxygen atoms in total. The Hall–Kier alpha value is -1.02. The summed E-state index contributed by atoms with van der Waals surface area (Å²) in [5.41, 5.74) is 2.31. The fraction of sp³-hybridized carbons (Fsp3) is 0.500. The van der Waals surface area contributed by atoms with Gasteiger partial charge < -0.3 is 9.84 Å². The number of aliphatic hydroxyl groups excluding tert-OH is 1. The minimum absolute atomic E-state index is 0.0706. The van der Waals surface area contributed by atoms with Crippen molar-refractivity contribution >= 4 is 0 Å². The lowest BCUT2D eigenvalue weighted by Crippen LogP contribution is -2.02. The molecule has 0 spiro atoms. The zero-order valence-corrected chi connectivity index (χ0v) is 10.2. The van der Waals surface area contributed by atoms with Gasteiger partial charge in [-0.15, -0.1) is 0 Å². The third kappa shape index (κ3) is 3.53. The van der Waals surface area contributed by atoms with E-state index in [-0.39, 0.29) is 12.5 Å². The van der Waals surface area contributed by atoms with Crippen molar-refractivity contribution in [2.75, 3.05) is 13.2 Å². The summed E-state index contributed by atoms with van der Waals surface area (Å²) in [7, 11) is 0. The lowest BCUT2D eigenvalue weighted by molar-refractivity contribution is 0.282. The molecule has 0 saturated heterocycles. The second-order valence-electron chi connectivity index (χ2n) is 3.97. The number of rotatable bonds is 6. The van der Waals surface area contributed by atoms with Crippen LogP contribution >= 0.6 is 0 Å². The van der Waals surface area contributed by atoms with E-state index in [9.17, 15) is 0 Å². The molecule has 1 radical (unpaired) electrons. The van der Waals surface area contributed by atoms with Crippen molar-refractivity contribution in [1.29, 1.82) is 0 Å². The first-order valence-corrected chi connectivity index (χ1v) is 5.91. The van der Waals surface area contributed by atoms with Gasteiger partial charge in [0.25, 0.3) is 0 Å². The minimum atomic E-state index is -0.0731. The van der Waals surface area contributed by atoms with Crippen molar-refractivity contribution in [3.05, 3.63) is 36.2 Å². The molecule has 1 rings (SSSR count). The Morgan fingerprint density at radius 3 is 2.62 bits per heavy atom. The second kappa shape index (κ2) is 6.54. The molecule has 0 heterocycles. The quantitative estimate of drug-likeness (QED) is 0.800. The van der Waals surface area contributed by atoms with Gasteiger partial charge in [-0.2, -0.15) is 0 Å². The van der Waals surface area contributed by atoms with Gasteiger partial charge in [0.15, 0.2) is 0 Å². The van der Waals surface area contributed by atoms with Crippen LogP contribution in [0.5, 0.6) is 5.75 Å². The summed E-state index contributed by atoms with van der Waals surface area (Å²) in [6.07, 6.45) is 2.14. The SMILES string of the molecule is [CH2]C(CO)c1cc(CCC)cc(OCC)c1. The van der Waals surface area contributed by atoms with Gasteiger partial charge in [-0.05, 0) is 43.5 Å². The number of benzene rings is 1. The third-order valence-corrected chi connectivity index (χ3v) is 2.53. The number of aliphatic hydroxyl groups is 1. The highest BCUT2D eigenvalue weighted by atomic mass is 16.5. The molecule has 0 fully saturated rings. The molecule has 0 aliphatic rings. The topological polar surface area (TPSA) is 29.5 Å². The van der Waals surface area contributed by atoms with Crippen LogP contribution in [0.4, 0.5) is 0 Å². The van der Waals surface area contributed by atoms with Gasteiger partial charge in [-0.25, -0.2) is 0 Å². The minimum Gasteiger partial charge on any atom is -0.494 e. The first-order valence-electron chi connectivity index (χ1n) is 5.91. The highest BCUT2D eigenvalue weighted by Gasteiger charge is 2.07.